The Morgan fingerprint density at radius 1 is 1.36 bits per heavy atom. The van der Waals surface area contributed by atoms with E-state index in [9.17, 15) is 4.79 Å². The smallest absolute Gasteiger partial charge is 0.314 e. The van der Waals surface area contributed by atoms with E-state index in [1.165, 1.54) is 5.56 Å². The highest BCUT2D eigenvalue weighted by atomic mass is 16.2. The fourth-order valence-corrected chi connectivity index (χ4v) is 3.59. The van der Waals surface area contributed by atoms with Crippen LogP contribution >= 0.6 is 0 Å². The van der Waals surface area contributed by atoms with Crippen LogP contribution in [0, 0.1) is 19.8 Å². The van der Waals surface area contributed by atoms with Crippen LogP contribution in [0.4, 0.5) is 4.79 Å². The van der Waals surface area contributed by atoms with Gasteiger partial charge >= 0.3 is 6.03 Å². The van der Waals surface area contributed by atoms with Crippen LogP contribution in [0.3, 0.4) is 0 Å². The lowest BCUT2D eigenvalue weighted by atomic mass is 9.97. The molecular weight excluding hydrogens is 316 g/mol. The highest BCUT2D eigenvalue weighted by molar-refractivity contribution is 5.73. The van der Waals surface area contributed by atoms with E-state index < -0.39 is 0 Å². The van der Waals surface area contributed by atoms with Crippen LogP contribution in [0.15, 0.2) is 12.3 Å². The van der Waals surface area contributed by atoms with Crippen LogP contribution < -0.4 is 10.6 Å². The van der Waals surface area contributed by atoms with Crippen molar-refractivity contribution in [2.24, 2.45) is 5.92 Å². The zero-order chi connectivity index (χ0) is 17.8. The third-order valence-corrected chi connectivity index (χ3v) is 4.74. The Morgan fingerprint density at radius 2 is 2.20 bits per heavy atom. The molecule has 0 bridgehead atoms. The minimum absolute atomic E-state index is 0.0718. The molecule has 1 saturated heterocycles. The number of aromatic nitrogens is 3. The third kappa shape index (κ3) is 4.28. The molecule has 2 aromatic rings. The molecule has 25 heavy (non-hydrogen) atoms. The number of aryl methyl sites for hydroxylation is 2. The Hall–Kier alpha value is -2.15. The first kappa shape index (κ1) is 17.7. The molecule has 0 aliphatic carbocycles. The van der Waals surface area contributed by atoms with Crippen LogP contribution in [-0.4, -0.2) is 51.7 Å². The lowest BCUT2D eigenvalue weighted by molar-refractivity contribution is 0.165. The Labute approximate surface area is 148 Å². The summed E-state index contributed by atoms with van der Waals surface area (Å²) in [6.07, 6.45) is 4.26. The highest BCUT2D eigenvalue weighted by Crippen LogP contribution is 2.20. The molecule has 0 saturated carbocycles. The number of rotatable bonds is 5. The summed E-state index contributed by atoms with van der Waals surface area (Å²) < 4.78 is 1.92. The van der Waals surface area contributed by atoms with Gasteiger partial charge in [0, 0.05) is 43.1 Å². The number of nitrogens with one attached hydrogen (secondary N) is 2. The predicted octanol–water partition coefficient (Wildman–Crippen LogP) is 1.88. The van der Waals surface area contributed by atoms with Crippen molar-refractivity contribution in [1.29, 1.82) is 0 Å². The molecule has 1 unspecified atom stereocenters. The maximum Gasteiger partial charge on any atom is 0.314 e. The Morgan fingerprint density at radius 3 is 3.00 bits per heavy atom. The first-order chi connectivity index (χ1) is 12.1. The summed E-state index contributed by atoms with van der Waals surface area (Å²) in [5.41, 5.74) is 4.26. The number of urea groups is 1. The average Bonchev–Trinajstić information content (AvgIpc) is 2.97. The van der Waals surface area contributed by atoms with Crippen LogP contribution in [-0.2, 0) is 6.54 Å². The molecule has 1 aliphatic heterocycles. The van der Waals surface area contributed by atoms with Gasteiger partial charge in [0.15, 0.2) is 5.65 Å². The van der Waals surface area contributed by atoms with E-state index in [4.69, 9.17) is 0 Å². The van der Waals surface area contributed by atoms with Crippen LogP contribution in [0.1, 0.15) is 36.7 Å². The predicted molar refractivity (Wildman–Crippen MR) is 97.5 cm³/mol. The molecule has 0 spiro atoms. The van der Waals surface area contributed by atoms with Crippen molar-refractivity contribution < 1.29 is 4.79 Å². The van der Waals surface area contributed by atoms with Gasteiger partial charge in [0.25, 0.3) is 0 Å². The number of fused-ring (bicyclic) bond motifs is 1. The lowest BCUT2D eigenvalue weighted by Crippen LogP contribution is -2.43. The van der Waals surface area contributed by atoms with E-state index >= 15 is 0 Å². The van der Waals surface area contributed by atoms with Gasteiger partial charge in [-0.15, -0.1) is 0 Å². The van der Waals surface area contributed by atoms with Gasteiger partial charge in [0.05, 0.1) is 6.20 Å². The second-order valence-corrected chi connectivity index (χ2v) is 6.93. The van der Waals surface area contributed by atoms with E-state index in [2.05, 4.69) is 32.5 Å². The van der Waals surface area contributed by atoms with Crippen LogP contribution in [0.25, 0.3) is 5.65 Å². The quantitative estimate of drug-likeness (QED) is 0.868. The maximum absolute atomic E-state index is 11.6. The molecule has 2 amide bonds. The topological polar surface area (TPSA) is 74.6 Å². The highest BCUT2D eigenvalue weighted by Gasteiger charge is 2.22. The Bertz CT molecular complexity index is 740. The first-order valence-corrected chi connectivity index (χ1v) is 9.11. The second-order valence-electron chi connectivity index (χ2n) is 6.93. The average molecular weight is 344 g/mol. The van der Waals surface area contributed by atoms with Gasteiger partial charge in [-0.25, -0.2) is 14.3 Å². The summed E-state index contributed by atoms with van der Waals surface area (Å²) in [6, 6.07) is 1.98. The van der Waals surface area contributed by atoms with Gasteiger partial charge in [0.2, 0.25) is 0 Å². The van der Waals surface area contributed by atoms with Crippen molar-refractivity contribution in [3.63, 3.8) is 0 Å². The molecule has 0 radical (unpaired) electrons. The zero-order valence-electron chi connectivity index (χ0n) is 15.4. The molecule has 7 nitrogen and oxygen atoms in total. The zero-order valence-corrected chi connectivity index (χ0v) is 15.4. The van der Waals surface area contributed by atoms with E-state index in [-0.39, 0.29) is 6.03 Å². The van der Waals surface area contributed by atoms with E-state index in [1.54, 1.807) is 0 Å². The molecule has 0 aromatic carbocycles. The normalized spacial score (nSPS) is 18.4. The number of piperidine rings is 1. The molecule has 1 aliphatic rings. The van der Waals surface area contributed by atoms with Gasteiger partial charge in [-0.1, -0.05) is 0 Å². The van der Waals surface area contributed by atoms with Crippen molar-refractivity contribution in [3.8, 4) is 0 Å². The molecule has 7 heteroatoms. The third-order valence-electron chi connectivity index (χ3n) is 4.74. The van der Waals surface area contributed by atoms with Crippen molar-refractivity contribution in [1.82, 2.24) is 30.1 Å². The summed E-state index contributed by atoms with van der Waals surface area (Å²) >= 11 is 0. The number of hydrogen-bond acceptors (Lipinski definition) is 4. The van der Waals surface area contributed by atoms with Gasteiger partial charge < -0.3 is 10.6 Å². The van der Waals surface area contributed by atoms with E-state index in [1.807, 2.05) is 30.6 Å². The minimum Gasteiger partial charge on any atom is -0.338 e. The van der Waals surface area contributed by atoms with Gasteiger partial charge in [-0.2, -0.15) is 5.10 Å². The van der Waals surface area contributed by atoms with Crippen molar-refractivity contribution in [2.45, 2.75) is 40.2 Å². The second kappa shape index (κ2) is 7.82. The SMILES string of the molecule is CCNC(=O)NCC1CCCN(Cc2cnn3c(C)cc(C)nc23)C1. The number of hydrogen-bond donors (Lipinski definition) is 2. The van der Waals surface area contributed by atoms with Crippen molar-refractivity contribution in [2.75, 3.05) is 26.2 Å². The van der Waals surface area contributed by atoms with E-state index in [0.29, 0.717) is 12.5 Å². The fraction of sp³-hybridized carbons (Fsp3) is 0.611. The Kier molecular flexibility index (Phi) is 5.53. The van der Waals surface area contributed by atoms with Gasteiger partial charge in [0.1, 0.15) is 0 Å². The van der Waals surface area contributed by atoms with Crippen molar-refractivity contribution in [3.05, 3.63) is 29.2 Å². The molecule has 2 N–H and O–H groups in total. The standard InChI is InChI=1S/C18H28N6O/c1-4-19-18(25)20-9-15-6-5-7-23(11-15)12-16-10-21-24-14(3)8-13(2)22-17(16)24/h8,10,15H,4-7,9,11-12H2,1-3H3,(H2,19,20,25). The molecule has 136 valence electrons. The largest absolute Gasteiger partial charge is 0.338 e. The van der Waals surface area contributed by atoms with Gasteiger partial charge in [-0.05, 0) is 52.1 Å². The minimum atomic E-state index is -0.0718. The molecular formula is C18H28N6O. The van der Waals surface area contributed by atoms with Gasteiger partial charge in [-0.3, -0.25) is 4.90 Å². The van der Waals surface area contributed by atoms with Crippen molar-refractivity contribution >= 4 is 11.7 Å². The Balaban J connectivity index is 1.62. The lowest BCUT2D eigenvalue weighted by Gasteiger charge is -2.32. The maximum atomic E-state index is 11.6. The number of carbonyl (C=O) groups is 1. The van der Waals surface area contributed by atoms with Crippen LogP contribution in [0.5, 0.6) is 0 Å². The number of carbonyl (C=O) groups excluding carboxylic acids is 1. The molecule has 2 aromatic heterocycles. The molecule has 3 heterocycles. The number of nitrogens with zero attached hydrogens (tertiary/aromatic N) is 4. The first-order valence-electron chi connectivity index (χ1n) is 9.11. The number of likely N-dealkylation sites (tertiary alicyclic amines) is 1. The number of amides is 2. The summed E-state index contributed by atoms with van der Waals surface area (Å²) in [5, 5.41) is 10.2. The summed E-state index contributed by atoms with van der Waals surface area (Å²) in [7, 11) is 0. The summed E-state index contributed by atoms with van der Waals surface area (Å²) in [5.74, 6) is 0.495. The molecule has 1 fully saturated rings. The van der Waals surface area contributed by atoms with E-state index in [0.717, 1.165) is 56.1 Å². The fourth-order valence-electron chi connectivity index (χ4n) is 3.59. The summed E-state index contributed by atoms with van der Waals surface area (Å²) in [4.78, 5) is 18.7. The monoisotopic (exact) mass is 344 g/mol. The molecule has 1 atom stereocenters. The molecule has 3 rings (SSSR count). The van der Waals surface area contributed by atoms with Crippen LogP contribution in [0.2, 0.25) is 0 Å². The summed E-state index contributed by atoms with van der Waals surface area (Å²) in [6.45, 7) is 10.3.